The van der Waals surface area contributed by atoms with E-state index in [9.17, 15) is 8.78 Å². The molecule has 1 aliphatic carbocycles. The second-order valence-electron chi connectivity index (χ2n) is 4.70. The Hall–Kier alpha value is -1.58. The lowest BCUT2D eigenvalue weighted by Gasteiger charge is -2.06. The Kier molecular flexibility index (Phi) is 2.15. The third-order valence-corrected chi connectivity index (χ3v) is 3.26. The van der Waals surface area contributed by atoms with Crippen molar-refractivity contribution >= 4 is 16.9 Å². The zero-order chi connectivity index (χ0) is 12.0. The summed E-state index contributed by atoms with van der Waals surface area (Å²) in [4.78, 5) is 0. The summed E-state index contributed by atoms with van der Waals surface area (Å²) in [6, 6.07) is 4.37. The van der Waals surface area contributed by atoms with Crippen LogP contribution >= 0.6 is 0 Å². The number of benzene rings is 1. The number of nitrogens with one attached hydrogen (secondary N) is 1. The smallest absolute Gasteiger partial charge is 0.197 e. The van der Waals surface area contributed by atoms with Crippen molar-refractivity contribution in [1.82, 2.24) is 0 Å². The maximum absolute atomic E-state index is 13.5. The van der Waals surface area contributed by atoms with Crippen LogP contribution in [0.15, 0.2) is 22.6 Å². The second kappa shape index (κ2) is 3.45. The number of halogens is 2. The molecule has 0 unspecified atom stereocenters. The topological polar surface area (TPSA) is 25.2 Å². The Balaban J connectivity index is 1.91. The minimum Gasteiger partial charge on any atom is -0.440 e. The lowest BCUT2D eigenvalue weighted by atomic mass is 10.2. The number of hydrogen-bond donors (Lipinski definition) is 1. The first-order valence-corrected chi connectivity index (χ1v) is 5.69. The Labute approximate surface area is 97.6 Å². The number of anilines is 1. The van der Waals surface area contributed by atoms with Gasteiger partial charge in [-0.1, -0.05) is 0 Å². The molecule has 3 rings (SSSR count). The molecule has 0 saturated heterocycles. The molecule has 1 aromatic carbocycles. The number of furan rings is 1. The molecule has 4 heteroatoms. The molecular formula is C13H13F2NO. The van der Waals surface area contributed by atoms with Crippen LogP contribution in [0.5, 0.6) is 0 Å². The van der Waals surface area contributed by atoms with Crippen molar-refractivity contribution < 1.29 is 13.2 Å². The van der Waals surface area contributed by atoms with Crippen molar-refractivity contribution in [2.24, 2.45) is 0 Å². The molecular weight excluding hydrogens is 224 g/mol. The first-order valence-electron chi connectivity index (χ1n) is 5.69. The van der Waals surface area contributed by atoms with Crippen molar-refractivity contribution in [2.75, 3.05) is 11.9 Å². The van der Waals surface area contributed by atoms with E-state index in [1.807, 2.05) is 6.92 Å². The van der Waals surface area contributed by atoms with Gasteiger partial charge in [0.05, 0.1) is 6.54 Å². The summed E-state index contributed by atoms with van der Waals surface area (Å²) >= 11 is 0. The second-order valence-corrected chi connectivity index (χ2v) is 4.70. The maximum atomic E-state index is 13.5. The van der Waals surface area contributed by atoms with Gasteiger partial charge in [0.15, 0.2) is 5.88 Å². The van der Waals surface area contributed by atoms with Gasteiger partial charge < -0.3 is 9.73 Å². The monoisotopic (exact) mass is 237 g/mol. The predicted molar refractivity (Wildman–Crippen MR) is 62.5 cm³/mol. The molecule has 0 aliphatic heterocycles. The third kappa shape index (κ3) is 1.88. The van der Waals surface area contributed by atoms with Crippen LogP contribution in [0.4, 0.5) is 14.7 Å². The highest BCUT2D eigenvalue weighted by molar-refractivity contribution is 5.85. The van der Waals surface area contributed by atoms with E-state index in [0.717, 1.165) is 10.9 Å². The predicted octanol–water partition coefficient (Wildman–Crippen LogP) is 3.79. The lowest BCUT2D eigenvalue weighted by molar-refractivity contribution is 0.324. The van der Waals surface area contributed by atoms with Crippen LogP contribution in [0.25, 0.3) is 11.0 Å². The van der Waals surface area contributed by atoms with Crippen LogP contribution in [0, 0.1) is 12.7 Å². The largest absolute Gasteiger partial charge is 0.440 e. The molecule has 17 heavy (non-hydrogen) atoms. The summed E-state index contributed by atoms with van der Waals surface area (Å²) in [6.45, 7) is 2.10. The average Bonchev–Trinajstić information content (AvgIpc) is 2.95. The zero-order valence-electron chi connectivity index (χ0n) is 9.52. The minimum atomic E-state index is -1.07. The van der Waals surface area contributed by atoms with Crippen molar-refractivity contribution in [3.8, 4) is 0 Å². The van der Waals surface area contributed by atoms with Crippen LogP contribution in [0.1, 0.15) is 18.4 Å². The Morgan fingerprint density at radius 3 is 2.88 bits per heavy atom. The van der Waals surface area contributed by atoms with Gasteiger partial charge in [-0.3, -0.25) is 0 Å². The maximum Gasteiger partial charge on any atom is 0.197 e. The minimum absolute atomic E-state index is 0.260. The van der Waals surface area contributed by atoms with Crippen molar-refractivity contribution in [1.29, 1.82) is 0 Å². The van der Waals surface area contributed by atoms with Crippen LogP contribution in [-0.2, 0) is 0 Å². The van der Waals surface area contributed by atoms with E-state index in [0.29, 0.717) is 24.3 Å². The highest BCUT2D eigenvalue weighted by atomic mass is 19.1. The molecule has 1 aromatic heterocycles. The Bertz CT molecular complexity index is 572. The zero-order valence-corrected chi connectivity index (χ0v) is 9.52. The van der Waals surface area contributed by atoms with E-state index < -0.39 is 5.67 Å². The standard InChI is InChI=1S/C13H13F2NO/c1-8-10-6-9(14)2-3-11(10)17-12(8)16-7-13(15)4-5-13/h2-3,6,16H,4-5,7H2,1H3. The quantitative estimate of drug-likeness (QED) is 0.878. The molecule has 0 atom stereocenters. The van der Waals surface area contributed by atoms with E-state index in [-0.39, 0.29) is 12.4 Å². The first-order chi connectivity index (χ1) is 8.07. The number of alkyl halides is 1. The van der Waals surface area contributed by atoms with Gasteiger partial charge >= 0.3 is 0 Å². The molecule has 0 radical (unpaired) electrons. The Morgan fingerprint density at radius 1 is 1.41 bits per heavy atom. The molecule has 1 N–H and O–H groups in total. The summed E-state index contributed by atoms with van der Waals surface area (Å²) in [5, 5.41) is 3.69. The van der Waals surface area contributed by atoms with Crippen LogP contribution in [0.2, 0.25) is 0 Å². The van der Waals surface area contributed by atoms with Crippen molar-refractivity contribution in [3.63, 3.8) is 0 Å². The van der Waals surface area contributed by atoms with Gasteiger partial charge in [-0.05, 0) is 38.0 Å². The van der Waals surface area contributed by atoms with Crippen LogP contribution < -0.4 is 5.32 Å². The summed E-state index contributed by atoms with van der Waals surface area (Å²) in [7, 11) is 0. The fourth-order valence-corrected chi connectivity index (χ4v) is 1.91. The molecule has 0 spiro atoms. The van der Waals surface area contributed by atoms with E-state index in [2.05, 4.69) is 5.32 Å². The van der Waals surface area contributed by atoms with Gasteiger partial charge in [-0.2, -0.15) is 0 Å². The Morgan fingerprint density at radius 2 is 2.18 bits per heavy atom. The molecule has 2 nitrogen and oxygen atoms in total. The van der Waals surface area contributed by atoms with Crippen molar-refractivity contribution in [2.45, 2.75) is 25.4 Å². The molecule has 1 saturated carbocycles. The molecule has 1 fully saturated rings. The molecule has 0 bridgehead atoms. The summed E-state index contributed by atoms with van der Waals surface area (Å²) in [5.74, 6) is 0.242. The normalized spacial score (nSPS) is 17.4. The van der Waals surface area contributed by atoms with Gasteiger partial charge in [0.2, 0.25) is 0 Å². The van der Waals surface area contributed by atoms with Gasteiger partial charge in [0.25, 0.3) is 0 Å². The molecule has 1 heterocycles. The highest BCUT2D eigenvalue weighted by Crippen LogP contribution is 2.40. The summed E-state index contributed by atoms with van der Waals surface area (Å²) in [6.07, 6.45) is 1.21. The fraction of sp³-hybridized carbons (Fsp3) is 0.385. The SMILES string of the molecule is Cc1c(NCC2(F)CC2)oc2ccc(F)cc12. The average molecular weight is 237 g/mol. The van der Waals surface area contributed by atoms with Gasteiger partial charge in [0.1, 0.15) is 17.1 Å². The van der Waals surface area contributed by atoms with E-state index >= 15 is 0 Å². The number of rotatable bonds is 3. The first kappa shape index (κ1) is 10.6. The molecule has 90 valence electrons. The number of hydrogen-bond acceptors (Lipinski definition) is 2. The van der Waals surface area contributed by atoms with E-state index in [1.165, 1.54) is 12.1 Å². The van der Waals surface area contributed by atoms with Crippen molar-refractivity contribution in [3.05, 3.63) is 29.6 Å². The van der Waals surface area contributed by atoms with E-state index in [1.54, 1.807) is 6.07 Å². The third-order valence-electron chi connectivity index (χ3n) is 3.26. The molecule has 1 aliphatic rings. The summed E-state index contributed by atoms with van der Waals surface area (Å²) < 4.78 is 32.1. The van der Waals surface area contributed by atoms with E-state index in [4.69, 9.17) is 4.42 Å². The summed E-state index contributed by atoms with van der Waals surface area (Å²) in [5.41, 5.74) is 0.371. The van der Waals surface area contributed by atoms with Gasteiger partial charge in [0, 0.05) is 10.9 Å². The van der Waals surface area contributed by atoms with Crippen LogP contribution in [-0.4, -0.2) is 12.2 Å². The highest BCUT2D eigenvalue weighted by Gasteiger charge is 2.43. The molecule has 2 aromatic rings. The lowest BCUT2D eigenvalue weighted by Crippen LogP contribution is -2.15. The molecule has 0 amide bonds. The fourth-order valence-electron chi connectivity index (χ4n) is 1.91. The number of aryl methyl sites for hydroxylation is 1. The van der Waals surface area contributed by atoms with Gasteiger partial charge in [-0.15, -0.1) is 0 Å². The van der Waals surface area contributed by atoms with Gasteiger partial charge in [-0.25, -0.2) is 8.78 Å². The van der Waals surface area contributed by atoms with Crippen LogP contribution in [0.3, 0.4) is 0 Å². The number of fused-ring (bicyclic) bond motifs is 1.